The average Bonchev–Trinajstić information content (AvgIpc) is 3.39. The van der Waals surface area contributed by atoms with Gasteiger partial charge >= 0.3 is 6.18 Å². The molecule has 1 N–H and O–H groups in total. The van der Waals surface area contributed by atoms with Crippen molar-refractivity contribution in [3.63, 3.8) is 0 Å². The number of amides is 2. The minimum Gasteiger partial charge on any atom is -0.493 e. The fraction of sp³-hybridized carbons (Fsp3) is 0.385. The summed E-state index contributed by atoms with van der Waals surface area (Å²) in [4.78, 5) is 27.8. The molecule has 190 valence electrons. The maximum absolute atomic E-state index is 13.6. The summed E-state index contributed by atoms with van der Waals surface area (Å²) in [5.74, 6) is -3.13. The summed E-state index contributed by atoms with van der Waals surface area (Å²) in [6.07, 6.45) is -5.76. The fourth-order valence-electron chi connectivity index (χ4n) is 5.85. The predicted molar refractivity (Wildman–Crippen MR) is 120 cm³/mol. The molecule has 8 nitrogen and oxygen atoms in total. The average molecular weight is 511 g/mol. The molecular weight excluding hydrogens is 491 g/mol. The molecule has 0 saturated carbocycles. The monoisotopic (exact) mass is 511 g/mol. The Morgan fingerprint density at radius 1 is 1.11 bits per heavy atom. The highest BCUT2D eigenvalue weighted by molar-refractivity contribution is 6.23. The van der Waals surface area contributed by atoms with Crippen molar-refractivity contribution in [2.45, 2.75) is 43.2 Å². The normalized spacial score (nSPS) is 30.2. The Hall–Kier alpha value is -3.93. The van der Waals surface area contributed by atoms with Gasteiger partial charge < -0.3 is 14.6 Å². The largest absolute Gasteiger partial charge is 0.493 e. The number of alkyl halides is 3. The zero-order valence-corrected chi connectivity index (χ0v) is 19.5. The van der Waals surface area contributed by atoms with E-state index in [1.165, 1.54) is 13.0 Å². The highest BCUT2D eigenvalue weighted by Gasteiger charge is 2.77. The number of carbonyl (C=O) groups excluding carboxylic acids is 2. The third-order valence-corrected chi connectivity index (χ3v) is 7.58. The molecule has 0 aliphatic carbocycles. The number of anilines is 1. The lowest BCUT2D eigenvalue weighted by Crippen LogP contribution is -2.49. The van der Waals surface area contributed by atoms with Crippen LogP contribution in [0.15, 0.2) is 42.5 Å². The predicted octanol–water partition coefficient (Wildman–Crippen LogP) is 3.32. The first kappa shape index (κ1) is 24.8. The number of benzene rings is 2. The third kappa shape index (κ3) is 3.66. The van der Waals surface area contributed by atoms with Crippen LogP contribution in [0.4, 0.5) is 18.9 Å². The van der Waals surface area contributed by atoms with Gasteiger partial charge in [0.05, 0.1) is 64.7 Å². The second kappa shape index (κ2) is 8.30. The molecule has 3 aliphatic heterocycles. The molecule has 37 heavy (non-hydrogen) atoms. The van der Waals surface area contributed by atoms with E-state index in [1.807, 2.05) is 6.07 Å². The van der Waals surface area contributed by atoms with Crippen LogP contribution in [-0.4, -0.2) is 40.8 Å². The van der Waals surface area contributed by atoms with E-state index in [4.69, 9.17) is 20.0 Å². The molecule has 3 saturated heterocycles. The van der Waals surface area contributed by atoms with Gasteiger partial charge in [0.1, 0.15) is 11.4 Å². The summed E-state index contributed by atoms with van der Waals surface area (Å²) >= 11 is 0. The first-order valence-corrected chi connectivity index (χ1v) is 11.5. The molecule has 2 aromatic rings. The highest BCUT2D eigenvalue weighted by Crippen LogP contribution is 2.62. The van der Waals surface area contributed by atoms with Gasteiger partial charge in [0.15, 0.2) is 0 Å². The molecule has 0 spiro atoms. The van der Waals surface area contributed by atoms with Crippen LogP contribution < -0.4 is 9.64 Å². The van der Waals surface area contributed by atoms with Gasteiger partial charge in [0, 0.05) is 12.8 Å². The highest BCUT2D eigenvalue weighted by atomic mass is 19.4. The third-order valence-electron chi connectivity index (χ3n) is 7.58. The molecule has 5 atom stereocenters. The zero-order chi connectivity index (χ0) is 26.8. The van der Waals surface area contributed by atoms with E-state index in [1.54, 1.807) is 24.3 Å². The van der Waals surface area contributed by atoms with E-state index >= 15 is 0 Å². The van der Waals surface area contributed by atoms with Crippen LogP contribution >= 0.6 is 0 Å². The summed E-state index contributed by atoms with van der Waals surface area (Å²) in [5, 5.41) is 28.8. The molecular formula is C26H20F3N3O5. The maximum Gasteiger partial charge on any atom is 0.417 e. The van der Waals surface area contributed by atoms with E-state index in [-0.39, 0.29) is 25.1 Å². The van der Waals surface area contributed by atoms with Gasteiger partial charge in [-0.05, 0) is 49.4 Å². The van der Waals surface area contributed by atoms with Gasteiger partial charge in [-0.25, -0.2) is 4.90 Å². The van der Waals surface area contributed by atoms with E-state index in [2.05, 4.69) is 0 Å². The summed E-state index contributed by atoms with van der Waals surface area (Å²) in [5.41, 5.74) is -4.38. The summed E-state index contributed by atoms with van der Waals surface area (Å²) < 4.78 is 52.5. The van der Waals surface area contributed by atoms with E-state index in [9.17, 15) is 27.9 Å². The van der Waals surface area contributed by atoms with Gasteiger partial charge in [-0.3, -0.25) is 9.59 Å². The van der Waals surface area contributed by atoms with Gasteiger partial charge in [-0.2, -0.15) is 23.7 Å². The van der Waals surface area contributed by atoms with Crippen LogP contribution in [0.25, 0.3) is 0 Å². The maximum atomic E-state index is 13.6. The Morgan fingerprint density at radius 3 is 2.41 bits per heavy atom. The van der Waals surface area contributed by atoms with Crippen molar-refractivity contribution in [2.75, 3.05) is 11.5 Å². The second-order valence-corrected chi connectivity index (χ2v) is 9.61. The van der Waals surface area contributed by atoms with Crippen LogP contribution in [0.1, 0.15) is 36.5 Å². The van der Waals surface area contributed by atoms with Gasteiger partial charge in [0.25, 0.3) is 0 Å². The minimum atomic E-state index is -4.86. The Labute approximate surface area is 209 Å². The summed E-state index contributed by atoms with van der Waals surface area (Å²) in [7, 11) is 0. The molecule has 3 fully saturated rings. The molecule has 11 heteroatoms. The zero-order valence-electron chi connectivity index (χ0n) is 19.5. The molecule has 2 aromatic carbocycles. The molecule has 3 aliphatic rings. The number of hydrogen-bond acceptors (Lipinski definition) is 7. The molecule has 3 heterocycles. The van der Waals surface area contributed by atoms with E-state index in [0.717, 1.165) is 12.1 Å². The molecule has 5 rings (SSSR count). The molecule has 0 aromatic heterocycles. The SMILES string of the molecule is C[C@@]12O[C@@](CCOc3ccc(C#N)cc3)(C[C@H]1O)[C@@H]1C(=O)N(c3ccc(C#N)c(C(F)(F)F)c3)C(=O)[C@@H]12. The van der Waals surface area contributed by atoms with Gasteiger partial charge in [-0.1, -0.05) is 0 Å². The number of halogens is 3. The number of carbonyl (C=O) groups is 2. The Kier molecular flexibility index (Phi) is 5.55. The number of nitrogens with zero attached hydrogens (tertiary/aromatic N) is 3. The Bertz CT molecular complexity index is 1380. The van der Waals surface area contributed by atoms with Gasteiger partial charge in [0.2, 0.25) is 11.8 Å². The number of fused-ring (bicyclic) bond motifs is 5. The number of rotatable bonds is 5. The number of aliphatic hydroxyl groups is 1. The Balaban J connectivity index is 1.45. The quantitative estimate of drug-likeness (QED) is 0.611. The Morgan fingerprint density at radius 2 is 1.78 bits per heavy atom. The van der Waals surface area contributed by atoms with Gasteiger partial charge in [-0.15, -0.1) is 0 Å². The van der Waals surface area contributed by atoms with Crippen molar-refractivity contribution < 1.29 is 37.3 Å². The van der Waals surface area contributed by atoms with Crippen LogP contribution in [0.5, 0.6) is 5.75 Å². The van der Waals surface area contributed by atoms with Crippen LogP contribution in [0, 0.1) is 34.5 Å². The summed E-state index contributed by atoms with van der Waals surface area (Å²) in [6.45, 7) is 1.59. The van der Waals surface area contributed by atoms with Crippen LogP contribution in [-0.2, 0) is 20.5 Å². The van der Waals surface area contributed by atoms with E-state index in [0.29, 0.717) is 22.3 Å². The molecule has 0 unspecified atom stereocenters. The van der Waals surface area contributed by atoms with Crippen molar-refractivity contribution in [3.8, 4) is 17.9 Å². The lowest BCUT2D eigenvalue weighted by molar-refractivity contribution is -0.138. The number of hydrogen-bond donors (Lipinski definition) is 1. The fourth-order valence-corrected chi connectivity index (χ4v) is 5.85. The van der Waals surface area contributed by atoms with Crippen molar-refractivity contribution in [1.29, 1.82) is 10.5 Å². The minimum absolute atomic E-state index is 0.0510. The van der Waals surface area contributed by atoms with Crippen LogP contribution in [0.2, 0.25) is 0 Å². The first-order valence-electron chi connectivity index (χ1n) is 11.5. The number of imide groups is 1. The lowest BCUT2D eigenvalue weighted by atomic mass is 9.66. The van der Waals surface area contributed by atoms with Crippen LogP contribution in [0.3, 0.4) is 0 Å². The summed E-state index contributed by atoms with van der Waals surface area (Å²) in [6, 6.07) is 12.5. The molecule has 2 bridgehead atoms. The number of nitriles is 2. The molecule has 2 amide bonds. The van der Waals surface area contributed by atoms with Crippen molar-refractivity contribution >= 4 is 17.5 Å². The molecule has 0 radical (unpaired) electrons. The standard InChI is InChI=1S/C26H20F3N3O5/c1-24-19(33)11-25(37-24,8-9-36-17-6-2-14(12-30)3-7-17)21-20(24)22(34)32(23(21)35)16-5-4-15(13-31)18(10-16)26(27,28)29/h2-7,10,19-21,33H,8-9,11H2,1H3/t19-,20-,21+,24-,25+/m1/s1. The first-order chi connectivity index (χ1) is 17.4. The lowest BCUT2D eigenvalue weighted by Gasteiger charge is -2.33. The number of ether oxygens (including phenoxy) is 2. The van der Waals surface area contributed by atoms with Crippen molar-refractivity contribution in [3.05, 3.63) is 59.2 Å². The number of aliphatic hydroxyl groups excluding tert-OH is 1. The second-order valence-electron chi connectivity index (χ2n) is 9.61. The topological polar surface area (TPSA) is 124 Å². The van der Waals surface area contributed by atoms with Crippen molar-refractivity contribution in [2.24, 2.45) is 11.8 Å². The van der Waals surface area contributed by atoms with Crippen molar-refractivity contribution in [1.82, 2.24) is 0 Å². The smallest absolute Gasteiger partial charge is 0.417 e. The van der Waals surface area contributed by atoms with E-state index < -0.39 is 58.3 Å².